The van der Waals surface area contributed by atoms with Crippen molar-refractivity contribution in [1.29, 1.82) is 0 Å². The highest BCUT2D eigenvalue weighted by Gasteiger charge is 1.91. The lowest BCUT2D eigenvalue weighted by Crippen LogP contribution is -1.86. The number of aromatic amines is 1. The summed E-state index contributed by atoms with van der Waals surface area (Å²) in [5.74, 6) is 1.09. The fourth-order valence-corrected chi connectivity index (χ4v) is 2.19. The summed E-state index contributed by atoms with van der Waals surface area (Å²) in [5.41, 5.74) is 0. The molecule has 1 aromatic heterocycles. The molecule has 0 fully saturated rings. The van der Waals surface area contributed by atoms with Crippen molar-refractivity contribution >= 4 is 0 Å². The lowest BCUT2D eigenvalue weighted by Gasteiger charge is -1.92. The Labute approximate surface area is 147 Å². The van der Waals surface area contributed by atoms with Crippen LogP contribution in [0.3, 0.4) is 0 Å². The molecule has 0 amide bonds. The Balaban J connectivity index is 1.92. The summed E-state index contributed by atoms with van der Waals surface area (Å²) >= 11 is 0. The first-order valence-corrected chi connectivity index (χ1v) is 9.16. The number of H-pyrrole nitrogens is 1. The van der Waals surface area contributed by atoms with Gasteiger partial charge in [-0.3, -0.25) is 0 Å². The first-order chi connectivity index (χ1) is 11.9. The molecular formula is C22H32N2. The standard InChI is InChI=1S/C22H32N2/c1-2-3-4-5-6-7-8-9-10-11-12-13-14-15-16-17-18-19-22-23-20-21-24-22/h3-4,6-7,9-10,12-13,15-16,20-21H,2,5,8,11,14,17-19H2,1H3,(H,23,24)/b4-3-,7-6-,10-9-,13-12-,16-15-. The number of nitrogens with zero attached hydrogens (tertiary/aromatic N) is 1. The molecular weight excluding hydrogens is 292 g/mol. The fraction of sp³-hybridized carbons (Fsp3) is 0.409. The maximum atomic E-state index is 4.22. The van der Waals surface area contributed by atoms with Gasteiger partial charge in [0, 0.05) is 18.8 Å². The minimum Gasteiger partial charge on any atom is -0.349 e. The minimum absolute atomic E-state index is 1.02. The van der Waals surface area contributed by atoms with E-state index in [1.165, 1.54) is 0 Å². The molecule has 2 nitrogen and oxygen atoms in total. The van der Waals surface area contributed by atoms with E-state index < -0.39 is 0 Å². The van der Waals surface area contributed by atoms with Crippen molar-refractivity contribution in [3.63, 3.8) is 0 Å². The third-order valence-corrected chi connectivity index (χ3v) is 3.50. The number of allylic oxidation sites excluding steroid dienone is 10. The number of unbranched alkanes of at least 4 members (excludes halogenated alkanes) is 1. The van der Waals surface area contributed by atoms with Crippen molar-refractivity contribution in [2.24, 2.45) is 0 Å². The Hall–Kier alpha value is -2.09. The van der Waals surface area contributed by atoms with E-state index in [1.54, 1.807) is 0 Å². The quantitative estimate of drug-likeness (QED) is 0.326. The predicted octanol–water partition coefficient (Wildman–Crippen LogP) is 6.48. The van der Waals surface area contributed by atoms with E-state index in [0.717, 1.165) is 57.2 Å². The zero-order chi connectivity index (χ0) is 17.1. The molecule has 0 saturated heterocycles. The van der Waals surface area contributed by atoms with Gasteiger partial charge in [0.1, 0.15) is 5.82 Å². The van der Waals surface area contributed by atoms with Gasteiger partial charge in [-0.1, -0.05) is 67.7 Å². The van der Waals surface area contributed by atoms with Crippen LogP contribution in [0.2, 0.25) is 0 Å². The fourth-order valence-electron chi connectivity index (χ4n) is 2.19. The van der Waals surface area contributed by atoms with Crippen LogP contribution < -0.4 is 0 Å². The molecule has 0 atom stereocenters. The van der Waals surface area contributed by atoms with Gasteiger partial charge in [-0.05, 0) is 44.9 Å². The summed E-state index contributed by atoms with van der Waals surface area (Å²) in [7, 11) is 0. The molecule has 0 radical (unpaired) electrons. The summed E-state index contributed by atoms with van der Waals surface area (Å²) < 4.78 is 0. The van der Waals surface area contributed by atoms with E-state index in [-0.39, 0.29) is 0 Å². The molecule has 1 aromatic rings. The second-order valence-corrected chi connectivity index (χ2v) is 5.64. The van der Waals surface area contributed by atoms with Crippen LogP contribution in [0.15, 0.2) is 73.2 Å². The predicted molar refractivity (Wildman–Crippen MR) is 106 cm³/mol. The van der Waals surface area contributed by atoms with E-state index in [4.69, 9.17) is 0 Å². The highest BCUT2D eigenvalue weighted by Crippen LogP contribution is 2.01. The molecule has 0 saturated carbocycles. The van der Waals surface area contributed by atoms with Crippen LogP contribution in [0.5, 0.6) is 0 Å². The first-order valence-electron chi connectivity index (χ1n) is 9.16. The molecule has 0 unspecified atom stereocenters. The monoisotopic (exact) mass is 324 g/mol. The SMILES string of the molecule is CC/C=C\C/C=C\C/C=C\C/C=C\C/C=C\CCCc1ncc[nH]1. The van der Waals surface area contributed by atoms with Crippen LogP contribution in [0.1, 0.15) is 57.7 Å². The van der Waals surface area contributed by atoms with E-state index in [0.29, 0.717) is 0 Å². The van der Waals surface area contributed by atoms with Crippen molar-refractivity contribution < 1.29 is 0 Å². The number of rotatable bonds is 13. The highest BCUT2D eigenvalue weighted by atomic mass is 14.9. The molecule has 0 aliphatic heterocycles. The third kappa shape index (κ3) is 12.5. The number of imidazole rings is 1. The van der Waals surface area contributed by atoms with Crippen LogP contribution in [-0.4, -0.2) is 9.97 Å². The topological polar surface area (TPSA) is 28.7 Å². The average molecular weight is 325 g/mol. The van der Waals surface area contributed by atoms with Gasteiger partial charge in [-0.25, -0.2) is 4.98 Å². The summed E-state index contributed by atoms with van der Waals surface area (Å²) in [6, 6.07) is 0. The number of nitrogens with one attached hydrogen (secondary N) is 1. The zero-order valence-corrected chi connectivity index (χ0v) is 15.0. The van der Waals surface area contributed by atoms with Crippen molar-refractivity contribution in [2.45, 2.75) is 58.3 Å². The Morgan fingerprint density at radius 3 is 1.83 bits per heavy atom. The molecule has 24 heavy (non-hydrogen) atoms. The molecule has 1 N–H and O–H groups in total. The van der Waals surface area contributed by atoms with Gasteiger partial charge in [0.15, 0.2) is 0 Å². The maximum absolute atomic E-state index is 4.22. The van der Waals surface area contributed by atoms with E-state index in [1.807, 2.05) is 12.4 Å². The van der Waals surface area contributed by atoms with E-state index in [9.17, 15) is 0 Å². The van der Waals surface area contributed by atoms with Gasteiger partial charge in [-0.15, -0.1) is 0 Å². The molecule has 130 valence electrons. The van der Waals surface area contributed by atoms with Crippen LogP contribution in [0.4, 0.5) is 0 Å². The van der Waals surface area contributed by atoms with Gasteiger partial charge >= 0.3 is 0 Å². The van der Waals surface area contributed by atoms with Crippen LogP contribution in [0.25, 0.3) is 0 Å². The summed E-state index contributed by atoms with van der Waals surface area (Å²) in [6.07, 6.45) is 34.6. The van der Waals surface area contributed by atoms with Crippen molar-refractivity contribution in [2.75, 3.05) is 0 Å². The molecule has 0 aliphatic carbocycles. The maximum Gasteiger partial charge on any atom is 0.106 e. The average Bonchev–Trinajstić information content (AvgIpc) is 3.11. The van der Waals surface area contributed by atoms with Crippen LogP contribution in [-0.2, 0) is 6.42 Å². The summed E-state index contributed by atoms with van der Waals surface area (Å²) in [6.45, 7) is 2.16. The number of aromatic nitrogens is 2. The first kappa shape index (κ1) is 20.0. The van der Waals surface area contributed by atoms with Crippen molar-refractivity contribution in [3.8, 4) is 0 Å². The van der Waals surface area contributed by atoms with Crippen LogP contribution in [0, 0.1) is 0 Å². The Morgan fingerprint density at radius 2 is 1.33 bits per heavy atom. The molecule has 0 aliphatic rings. The second kappa shape index (κ2) is 15.8. The van der Waals surface area contributed by atoms with Gasteiger partial charge in [0.05, 0.1) is 0 Å². The zero-order valence-electron chi connectivity index (χ0n) is 15.0. The number of hydrogen-bond donors (Lipinski definition) is 1. The molecule has 1 rings (SSSR count). The van der Waals surface area contributed by atoms with Gasteiger partial charge in [-0.2, -0.15) is 0 Å². The number of aryl methyl sites for hydroxylation is 1. The second-order valence-electron chi connectivity index (χ2n) is 5.64. The third-order valence-electron chi connectivity index (χ3n) is 3.50. The van der Waals surface area contributed by atoms with E-state index >= 15 is 0 Å². The van der Waals surface area contributed by atoms with Crippen LogP contribution >= 0.6 is 0 Å². The molecule has 1 heterocycles. The lowest BCUT2D eigenvalue weighted by molar-refractivity contribution is 0.798. The van der Waals surface area contributed by atoms with E-state index in [2.05, 4.69) is 77.7 Å². The molecule has 0 aromatic carbocycles. The van der Waals surface area contributed by atoms with Crippen molar-refractivity contribution in [1.82, 2.24) is 9.97 Å². The Morgan fingerprint density at radius 1 is 0.792 bits per heavy atom. The minimum atomic E-state index is 1.02. The van der Waals surface area contributed by atoms with Gasteiger partial charge < -0.3 is 4.98 Å². The Kier molecular flexibility index (Phi) is 13.1. The molecule has 0 bridgehead atoms. The Bertz CT molecular complexity index is 516. The smallest absolute Gasteiger partial charge is 0.106 e. The lowest BCUT2D eigenvalue weighted by atomic mass is 10.2. The normalized spacial score (nSPS) is 12.9. The summed E-state index contributed by atoms with van der Waals surface area (Å²) in [4.78, 5) is 7.35. The largest absolute Gasteiger partial charge is 0.349 e. The summed E-state index contributed by atoms with van der Waals surface area (Å²) in [5, 5.41) is 0. The molecule has 2 heteroatoms. The van der Waals surface area contributed by atoms with Gasteiger partial charge in [0.25, 0.3) is 0 Å². The molecule has 0 spiro atoms. The van der Waals surface area contributed by atoms with Gasteiger partial charge in [0.2, 0.25) is 0 Å². The number of hydrogen-bond acceptors (Lipinski definition) is 1. The van der Waals surface area contributed by atoms with Crippen molar-refractivity contribution in [3.05, 3.63) is 79.0 Å². The highest BCUT2D eigenvalue weighted by molar-refractivity contribution is 5.00.